The molecule has 0 amide bonds. The minimum atomic E-state index is -4.71. The first-order valence-electron chi connectivity index (χ1n) is 8.97. The van der Waals surface area contributed by atoms with E-state index in [9.17, 15) is 26.7 Å². The second kappa shape index (κ2) is 7.33. The number of tetrazole rings is 1. The molecular formula is C19H14ClF5N4O2. The first-order chi connectivity index (χ1) is 14.5. The summed E-state index contributed by atoms with van der Waals surface area (Å²) in [7, 11) is 1.35. The standard InChI is InChI=1S/C19H14ClF5N4O2/c1-28-17(30)29(27-26-28)15-4-2-3-11(14-8-18(14,21)22)12(15)9-31-16-7-10(20)5-6-13(16)19(23,24)25/h2-7,14H,8-9H2,1H3. The quantitative estimate of drug-likeness (QED) is 0.531. The molecule has 1 aromatic heterocycles. The van der Waals surface area contributed by atoms with Gasteiger partial charge in [0.15, 0.2) is 0 Å². The lowest BCUT2D eigenvalue weighted by Crippen LogP contribution is -2.23. The lowest BCUT2D eigenvalue weighted by molar-refractivity contribution is -0.139. The molecule has 0 N–H and O–H groups in total. The molecule has 3 aromatic rings. The minimum Gasteiger partial charge on any atom is -0.488 e. The molecule has 0 radical (unpaired) electrons. The number of halogens is 6. The summed E-state index contributed by atoms with van der Waals surface area (Å²) in [6.07, 6.45) is -5.13. The van der Waals surface area contributed by atoms with Crippen LogP contribution < -0.4 is 10.4 Å². The number of benzene rings is 2. The third-order valence-corrected chi connectivity index (χ3v) is 5.19. The zero-order chi connectivity index (χ0) is 22.6. The van der Waals surface area contributed by atoms with E-state index in [0.29, 0.717) is 0 Å². The molecule has 1 aliphatic carbocycles. The fraction of sp³-hybridized carbons (Fsp3) is 0.316. The summed E-state index contributed by atoms with van der Waals surface area (Å²) in [5.74, 6) is -4.65. The summed E-state index contributed by atoms with van der Waals surface area (Å²) in [6.45, 7) is -0.523. The molecule has 0 spiro atoms. The van der Waals surface area contributed by atoms with Gasteiger partial charge in [-0.2, -0.15) is 22.5 Å². The zero-order valence-corrected chi connectivity index (χ0v) is 16.6. The maximum atomic E-state index is 13.8. The molecule has 1 aliphatic rings. The van der Waals surface area contributed by atoms with Crippen molar-refractivity contribution in [3.05, 3.63) is 68.6 Å². The van der Waals surface area contributed by atoms with E-state index >= 15 is 0 Å². The molecule has 1 atom stereocenters. The van der Waals surface area contributed by atoms with Gasteiger partial charge in [-0.1, -0.05) is 23.7 Å². The topological polar surface area (TPSA) is 61.9 Å². The average molecular weight is 461 g/mol. The molecule has 0 aliphatic heterocycles. The van der Waals surface area contributed by atoms with E-state index in [4.69, 9.17) is 16.3 Å². The van der Waals surface area contributed by atoms with Crippen LogP contribution in [-0.2, 0) is 19.8 Å². The Labute approximate surface area is 176 Å². The number of hydrogen-bond acceptors (Lipinski definition) is 4. The van der Waals surface area contributed by atoms with Crippen LogP contribution in [0.5, 0.6) is 5.75 Å². The van der Waals surface area contributed by atoms with Crippen LogP contribution >= 0.6 is 11.6 Å². The second-order valence-corrected chi connectivity index (χ2v) is 7.52. The number of nitrogens with zero attached hydrogens (tertiary/aromatic N) is 4. The van der Waals surface area contributed by atoms with Crippen molar-refractivity contribution in [1.29, 1.82) is 0 Å². The number of aromatic nitrogens is 4. The van der Waals surface area contributed by atoms with Gasteiger partial charge in [0.2, 0.25) is 0 Å². The molecule has 1 fully saturated rings. The molecule has 0 saturated heterocycles. The summed E-state index contributed by atoms with van der Waals surface area (Å²) in [4.78, 5) is 12.3. The van der Waals surface area contributed by atoms with Gasteiger partial charge < -0.3 is 4.74 Å². The molecular weight excluding hydrogens is 447 g/mol. The monoisotopic (exact) mass is 460 g/mol. The van der Waals surface area contributed by atoms with Gasteiger partial charge in [-0.25, -0.2) is 13.6 Å². The third-order valence-electron chi connectivity index (χ3n) is 4.96. The Kier molecular flexibility index (Phi) is 5.03. The number of hydrogen-bond donors (Lipinski definition) is 0. The molecule has 4 rings (SSSR count). The van der Waals surface area contributed by atoms with Crippen molar-refractivity contribution >= 4 is 11.6 Å². The predicted octanol–water partition coefficient (Wildman–Crippen LogP) is 4.34. The van der Waals surface area contributed by atoms with Crippen molar-refractivity contribution in [3.63, 3.8) is 0 Å². The summed E-state index contributed by atoms with van der Waals surface area (Å²) in [5, 5.41) is 7.30. The van der Waals surface area contributed by atoms with E-state index in [1.807, 2.05) is 0 Å². The zero-order valence-electron chi connectivity index (χ0n) is 15.8. The van der Waals surface area contributed by atoms with Crippen molar-refractivity contribution in [2.24, 2.45) is 7.05 Å². The largest absolute Gasteiger partial charge is 0.488 e. The molecule has 0 bridgehead atoms. The van der Waals surface area contributed by atoms with E-state index in [-0.39, 0.29) is 21.8 Å². The minimum absolute atomic E-state index is 0.00961. The molecule has 164 valence electrons. The Morgan fingerprint density at radius 1 is 1.23 bits per heavy atom. The van der Waals surface area contributed by atoms with Gasteiger partial charge in [-0.05, 0) is 40.3 Å². The molecule has 2 aromatic carbocycles. The summed E-state index contributed by atoms with van der Waals surface area (Å²) < 4.78 is 74.8. The van der Waals surface area contributed by atoms with E-state index in [1.54, 1.807) is 0 Å². The summed E-state index contributed by atoms with van der Waals surface area (Å²) >= 11 is 5.82. The van der Waals surface area contributed by atoms with Crippen molar-refractivity contribution in [2.45, 2.75) is 31.0 Å². The van der Waals surface area contributed by atoms with Gasteiger partial charge in [0.1, 0.15) is 12.4 Å². The van der Waals surface area contributed by atoms with Gasteiger partial charge in [0.05, 0.1) is 17.2 Å². The van der Waals surface area contributed by atoms with Crippen LogP contribution in [0.25, 0.3) is 5.69 Å². The lowest BCUT2D eigenvalue weighted by Gasteiger charge is -2.18. The SMILES string of the molecule is Cn1nnn(-c2cccc(C3CC3(F)F)c2COc2cc(Cl)ccc2C(F)(F)F)c1=O. The van der Waals surface area contributed by atoms with E-state index in [1.165, 1.54) is 25.2 Å². The van der Waals surface area contributed by atoms with Gasteiger partial charge >= 0.3 is 11.9 Å². The Bertz CT molecular complexity index is 1200. The number of ether oxygens (including phenoxy) is 1. The van der Waals surface area contributed by atoms with Crippen LogP contribution in [0.1, 0.15) is 29.0 Å². The van der Waals surface area contributed by atoms with Crippen LogP contribution in [-0.4, -0.2) is 25.7 Å². The Morgan fingerprint density at radius 3 is 2.52 bits per heavy atom. The molecule has 1 unspecified atom stereocenters. The van der Waals surface area contributed by atoms with Crippen molar-refractivity contribution in [2.75, 3.05) is 0 Å². The average Bonchev–Trinajstić information content (AvgIpc) is 3.20. The molecule has 12 heteroatoms. The van der Waals surface area contributed by atoms with Crippen LogP contribution in [0.2, 0.25) is 5.02 Å². The highest BCUT2D eigenvalue weighted by molar-refractivity contribution is 6.30. The lowest BCUT2D eigenvalue weighted by atomic mass is 10.0. The van der Waals surface area contributed by atoms with Gasteiger partial charge in [0.25, 0.3) is 5.92 Å². The van der Waals surface area contributed by atoms with Crippen molar-refractivity contribution in [1.82, 2.24) is 19.8 Å². The van der Waals surface area contributed by atoms with E-state index < -0.39 is 48.0 Å². The number of alkyl halides is 5. The van der Waals surface area contributed by atoms with Gasteiger partial charge in [-0.15, -0.1) is 0 Å². The van der Waals surface area contributed by atoms with Crippen molar-refractivity contribution in [3.8, 4) is 11.4 Å². The maximum Gasteiger partial charge on any atom is 0.419 e. The second-order valence-electron chi connectivity index (χ2n) is 7.09. The molecule has 1 saturated carbocycles. The smallest absolute Gasteiger partial charge is 0.419 e. The molecule has 1 heterocycles. The van der Waals surface area contributed by atoms with Crippen molar-refractivity contribution < 1.29 is 26.7 Å². The van der Waals surface area contributed by atoms with Crippen LogP contribution in [0.3, 0.4) is 0 Å². The van der Waals surface area contributed by atoms with Gasteiger partial charge in [-0.3, -0.25) is 0 Å². The Morgan fingerprint density at radius 2 is 1.94 bits per heavy atom. The summed E-state index contributed by atoms with van der Waals surface area (Å²) in [5.41, 5.74) is -1.35. The van der Waals surface area contributed by atoms with Crippen LogP contribution in [0.4, 0.5) is 22.0 Å². The van der Waals surface area contributed by atoms with Gasteiger partial charge in [0, 0.05) is 24.1 Å². The predicted molar refractivity (Wildman–Crippen MR) is 99.7 cm³/mol. The van der Waals surface area contributed by atoms with Crippen LogP contribution in [0.15, 0.2) is 41.2 Å². The fourth-order valence-electron chi connectivity index (χ4n) is 3.29. The Hall–Kier alpha value is -2.95. The highest BCUT2D eigenvalue weighted by atomic mass is 35.5. The number of rotatable bonds is 5. The highest BCUT2D eigenvalue weighted by Crippen LogP contribution is 2.57. The maximum absolute atomic E-state index is 13.8. The third kappa shape index (κ3) is 4.01. The van der Waals surface area contributed by atoms with E-state index in [2.05, 4.69) is 10.4 Å². The normalized spacial score (nSPS) is 17.6. The summed E-state index contributed by atoms with van der Waals surface area (Å²) in [6, 6.07) is 7.16. The molecule has 6 nitrogen and oxygen atoms in total. The number of aryl methyl sites for hydroxylation is 1. The van der Waals surface area contributed by atoms with Crippen LogP contribution in [0, 0.1) is 0 Å². The molecule has 31 heavy (non-hydrogen) atoms. The van der Waals surface area contributed by atoms with E-state index in [0.717, 1.165) is 27.6 Å². The Balaban J connectivity index is 1.79. The fourth-order valence-corrected chi connectivity index (χ4v) is 3.45. The first kappa shape index (κ1) is 21.3. The highest BCUT2D eigenvalue weighted by Gasteiger charge is 2.58. The first-order valence-corrected chi connectivity index (χ1v) is 9.35.